The van der Waals surface area contributed by atoms with E-state index in [-0.39, 0.29) is 6.79 Å². The largest absolute Gasteiger partial charge is 0.467 e. The highest BCUT2D eigenvalue weighted by molar-refractivity contribution is 7.55. The number of piperidine rings is 1. The standard InChI is InChI=1S/C27H32NO2P/c1-29-21-30-25-15-14-23(18-22-10-4-2-5-11-22)19-27(25)31-26-13-7-6-12-24(26)20-28-16-8-3-9-17-28/h2,4-7,10-15,19,31H,3,8-9,16-18,20-21H2,1H3. The Bertz CT molecular complexity index is 954. The van der Waals surface area contributed by atoms with E-state index in [2.05, 4.69) is 77.7 Å². The van der Waals surface area contributed by atoms with Crippen LogP contribution < -0.4 is 15.3 Å². The molecule has 1 aliphatic rings. The van der Waals surface area contributed by atoms with Gasteiger partial charge in [-0.1, -0.05) is 75.7 Å². The number of methoxy groups -OCH3 is 1. The molecule has 1 fully saturated rings. The van der Waals surface area contributed by atoms with Gasteiger partial charge in [0, 0.05) is 19.0 Å². The molecule has 0 saturated carbocycles. The number of benzene rings is 3. The first-order valence-corrected chi connectivity index (χ1v) is 12.2. The van der Waals surface area contributed by atoms with E-state index in [1.807, 2.05) is 0 Å². The van der Waals surface area contributed by atoms with Crippen molar-refractivity contribution in [3.05, 3.63) is 89.5 Å². The molecule has 0 aromatic heterocycles. The maximum Gasteiger partial charge on any atom is 0.188 e. The number of nitrogens with zero attached hydrogens (tertiary/aromatic N) is 1. The van der Waals surface area contributed by atoms with Crippen molar-refractivity contribution < 1.29 is 9.47 Å². The molecule has 0 amide bonds. The fourth-order valence-electron chi connectivity index (χ4n) is 4.15. The smallest absolute Gasteiger partial charge is 0.188 e. The zero-order valence-corrected chi connectivity index (χ0v) is 19.3. The minimum absolute atomic E-state index is 0.269. The van der Waals surface area contributed by atoms with Crippen molar-refractivity contribution in [2.45, 2.75) is 32.2 Å². The molecule has 3 aromatic carbocycles. The van der Waals surface area contributed by atoms with Crippen LogP contribution in [0.5, 0.6) is 5.75 Å². The van der Waals surface area contributed by atoms with Gasteiger partial charge in [0.05, 0.1) is 0 Å². The summed E-state index contributed by atoms with van der Waals surface area (Å²) < 4.78 is 11.1. The van der Waals surface area contributed by atoms with Gasteiger partial charge < -0.3 is 9.47 Å². The summed E-state index contributed by atoms with van der Waals surface area (Å²) in [4.78, 5) is 2.60. The number of hydrogen-bond acceptors (Lipinski definition) is 3. The summed E-state index contributed by atoms with van der Waals surface area (Å²) in [6.45, 7) is 3.74. The van der Waals surface area contributed by atoms with Gasteiger partial charge in [-0.2, -0.15) is 0 Å². The van der Waals surface area contributed by atoms with Crippen molar-refractivity contribution in [1.82, 2.24) is 4.90 Å². The lowest BCUT2D eigenvalue weighted by atomic mass is 10.1. The van der Waals surface area contributed by atoms with Crippen molar-refractivity contribution in [2.75, 3.05) is 27.0 Å². The third-order valence-corrected chi connectivity index (χ3v) is 7.17. The summed E-state index contributed by atoms with van der Waals surface area (Å²) in [7, 11) is 2.22. The lowest BCUT2D eigenvalue weighted by Gasteiger charge is -2.27. The quantitative estimate of drug-likeness (QED) is 0.355. The summed E-state index contributed by atoms with van der Waals surface area (Å²) >= 11 is 0. The molecule has 0 bridgehead atoms. The maximum absolute atomic E-state index is 5.93. The Kier molecular flexibility index (Phi) is 8.12. The molecule has 3 aromatic rings. The first kappa shape index (κ1) is 22.0. The third-order valence-electron chi connectivity index (χ3n) is 5.76. The van der Waals surface area contributed by atoms with E-state index in [1.165, 1.54) is 59.7 Å². The van der Waals surface area contributed by atoms with Gasteiger partial charge in [-0.15, -0.1) is 0 Å². The monoisotopic (exact) mass is 433 g/mol. The Morgan fingerprint density at radius 3 is 2.39 bits per heavy atom. The molecule has 3 nitrogen and oxygen atoms in total. The Morgan fingerprint density at radius 2 is 1.58 bits per heavy atom. The molecular formula is C27H32NO2P. The summed E-state index contributed by atoms with van der Waals surface area (Å²) in [5, 5.41) is 2.66. The molecule has 4 heteroatoms. The van der Waals surface area contributed by atoms with Crippen LogP contribution in [0.4, 0.5) is 0 Å². The third kappa shape index (κ3) is 6.40. The molecule has 1 aliphatic heterocycles. The average molecular weight is 434 g/mol. The van der Waals surface area contributed by atoms with Crippen LogP contribution in [0.2, 0.25) is 0 Å². The molecule has 1 atom stereocenters. The van der Waals surface area contributed by atoms with Crippen molar-refractivity contribution in [3.8, 4) is 5.75 Å². The number of ether oxygens (including phenoxy) is 2. The van der Waals surface area contributed by atoms with Crippen LogP contribution in [0, 0.1) is 0 Å². The highest BCUT2D eigenvalue weighted by atomic mass is 31.1. The van der Waals surface area contributed by atoms with Gasteiger partial charge in [0.1, 0.15) is 5.75 Å². The van der Waals surface area contributed by atoms with Crippen LogP contribution in [-0.4, -0.2) is 31.9 Å². The van der Waals surface area contributed by atoms with Crippen molar-refractivity contribution >= 4 is 19.2 Å². The molecule has 0 radical (unpaired) electrons. The Hall–Kier alpha value is -2.19. The average Bonchev–Trinajstić information content (AvgIpc) is 2.81. The Morgan fingerprint density at radius 1 is 0.806 bits per heavy atom. The van der Waals surface area contributed by atoms with E-state index in [4.69, 9.17) is 9.47 Å². The topological polar surface area (TPSA) is 21.7 Å². The molecule has 0 aliphatic carbocycles. The molecule has 4 rings (SSSR count). The SMILES string of the molecule is COCOc1ccc(Cc2ccccc2)cc1Pc1ccccc1CN1CCCCC1. The van der Waals surface area contributed by atoms with Gasteiger partial charge in [-0.3, -0.25) is 4.90 Å². The highest BCUT2D eigenvalue weighted by Gasteiger charge is 2.14. The Balaban J connectivity index is 1.57. The van der Waals surface area contributed by atoms with Crippen LogP contribution in [0.15, 0.2) is 72.8 Å². The summed E-state index contributed by atoms with van der Waals surface area (Å²) in [6.07, 6.45) is 4.94. The normalized spacial score (nSPS) is 14.9. The van der Waals surface area contributed by atoms with Crippen LogP contribution >= 0.6 is 8.58 Å². The summed E-state index contributed by atoms with van der Waals surface area (Å²) in [5.74, 6) is 0.921. The number of likely N-dealkylation sites (tertiary alicyclic amines) is 1. The van der Waals surface area contributed by atoms with Gasteiger partial charge in [0.2, 0.25) is 0 Å². The fourth-order valence-corrected chi connectivity index (χ4v) is 5.48. The molecule has 1 heterocycles. The van der Waals surface area contributed by atoms with Crippen molar-refractivity contribution in [3.63, 3.8) is 0 Å². The van der Waals surface area contributed by atoms with E-state index in [0.29, 0.717) is 8.58 Å². The van der Waals surface area contributed by atoms with Gasteiger partial charge in [-0.05, 0) is 66.5 Å². The summed E-state index contributed by atoms with van der Waals surface area (Å²) in [6, 6.07) is 26.1. The predicted octanol–water partition coefficient (Wildman–Crippen LogP) is 4.88. The number of rotatable bonds is 9. The molecule has 1 unspecified atom stereocenters. The molecule has 162 valence electrons. The fraction of sp³-hybridized carbons (Fsp3) is 0.333. The maximum atomic E-state index is 5.93. The predicted molar refractivity (Wildman–Crippen MR) is 131 cm³/mol. The van der Waals surface area contributed by atoms with Crippen molar-refractivity contribution in [2.24, 2.45) is 0 Å². The minimum Gasteiger partial charge on any atom is -0.467 e. The van der Waals surface area contributed by atoms with E-state index in [0.717, 1.165) is 18.7 Å². The van der Waals surface area contributed by atoms with Gasteiger partial charge in [0.25, 0.3) is 0 Å². The minimum atomic E-state index is 0.269. The van der Waals surface area contributed by atoms with E-state index in [9.17, 15) is 0 Å². The van der Waals surface area contributed by atoms with Crippen LogP contribution in [0.1, 0.15) is 36.0 Å². The first-order valence-electron chi connectivity index (χ1n) is 11.2. The van der Waals surface area contributed by atoms with Gasteiger partial charge in [0.15, 0.2) is 6.79 Å². The van der Waals surface area contributed by atoms with E-state index in [1.54, 1.807) is 7.11 Å². The second-order valence-electron chi connectivity index (χ2n) is 8.16. The zero-order chi connectivity index (χ0) is 21.3. The lowest BCUT2D eigenvalue weighted by Crippen LogP contribution is -2.30. The van der Waals surface area contributed by atoms with Gasteiger partial charge >= 0.3 is 0 Å². The zero-order valence-electron chi connectivity index (χ0n) is 18.3. The molecule has 1 saturated heterocycles. The summed E-state index contributed by atoms with van der Waals surface area (Å²) in [5.41, 5.74) is 4.08. The second kappa shape index (κ2) is 11.4. The van der Waals surface area contributed by atoms with Crippen LogP contribution in [0.25, 0.3) is 0 Å². The van der Waals surface area contributed by atoms with E-state index >= 15 is 0 Å². The van der Waals surface area contributed by atoms with Gasteiger partial charge in [-0.25, -0.2) is 0 Å². The van der Waals surface area contributed by atoms with Crippen molar-refractivity contribution in [1.29, 1.82) is 0 Å². The molecule has 0 spiro atoms. The van der Waals surface area contributed by atoms with Crippen LogP contribution in [-0.2, 0) is 17.7 Å². The Labute approximate surface area is 188 Å². The lowest BCUT2D eigenvalue weighted by molar-refractivity contribution is 0.0519. The van der Waals surface area contributed by atoms with Crippen LogP contribution in [0.3, 0.4) is 0 Å². The second-order valence-corrected chi connectivity index (χ2v) is 9.49. The highest BCUT2D eigenvalue weighted by Crippen LogP contribution is 2.24. The molecular weight excluding hydrogens is 401 g/mol. The molecule has 0 N–H and O–H groups in total. The first-order chi connectivity index (χ1) is 15.3. The molecule has 31 heavy (non-hydrogen) atoms. The van der Waals surface area contributed by atoms with E-state index < -0.39 is 0 Å². The number of hydrogen-bond donors (Lipinski definition) is 0.